The Morgan fingerprint density at radius 1 is 1.53 bits per heavy atom. The van der Waals surface area contributed by atoms with Crippen molar-refractivity contribution in [2.24, 2.45) is 0 Å². The van der Waals surface area contributed by atoms with Crippen LogP contribution in [0.4, 0.5) is 0 Å². The second-order valence-electron chi connectivity index (χ2n) is 2.92. The number of hydrogen-bond acceptors (Lipinski definition) is 5. The highest BCUT2D eigenvalue weighted by molar-refractivity contribution is 5.85. The van der Waals surface area contributed by atoms with Crippen LogP contribution < -0.4 is 0 Å². The average Bonchev–Trinajstić information content (AvgIpc) is 2.70. The maximum Gasteiger partial charge on any atom is 0.354 e. The van der Waals surface area contributed by atoms with E-state index in [1.54, 1.807) is 6.92 Å². The number of hydrogen-bond donors (Lipinski definition) is 1. The minimum Gasteiger partial charge on any atom is -0.477 e. The molecule has 7 nitrogen and oxygen atoms in total. The highest BCUT2D eigenvalue weighted by Crippen LogP contribution is 2.11. The normalized spacial score (nSPS) is 10.2. The van der Waals surface area contributed by atoms with Crippen molar-refractivity contribution in [2.75, 3.05) is 0 Å². The van der Waals surface area contributed by atoms with Gasteiger partial charge < -0.3 is 5.11 Å². The van der Waals surface area contributed by atoms with Crippen molar-refractivity contribution in [1.29, 1.82) is 0 Å². The molecule has 0 radical (unpaired) electrons. The van der Waals surface area contributed by atoms with Crippen molar-refractivity contribution in [3.63, 3.8) is 0 Å². The van der Waals surface area contributed by atoms with Crippen LogP contribution in [0.2, 0.25) is 0 Å². The van der Waals surface area contributed by atoms with E-state index >= 15 is 0 Å². The fourth-order valence-corrected chi connectivity index (χ4v) is 1.18. The lowest BCUT2D eigenvalue weighted by Gasteiger charge is -2.03. The largest absolute Gasteiger partial charge is 0.477 e. The molecule has 2 aromatic rings. The van der Waals surface area contributed by atoms with Gasteiger partial charge in [0.25, 0.3) is 0 Å². The average molecular weight is 205 g/mol. The first kappa shape index (κ1) is 9.25. The zero-order valence-corrected chi connectivity index (χ0v) is 7.82. The van der Waals surface area contributed by atoms with E-state index in [0.717, 1.165) is 5.56 Å². The first-order valence-corrected chi connectivity index (χ1v) is 4.12. The fraction of sp³-hybridized carbons (Fsp3) is 0.125. The van der Waals surface area contributed by atoms with Gasteiger partial charge in [0.15, 0.2) is 0 Å². The lowest BCUT2D eigenvalue weighted by atomic mass is 10.2. The van der Waals surface area contributed by atoms with Crippen LogP contribution in [-0.2, 0) is 0 Å². The van der Waals surface area contributed by atoms with Gasteiger partial charge in [-0.3, -0.25) is 0 Å². The summed E-state index contributed by atoms with van der Waals surface area (Å²) in [5.74, 6) is -1.05. The number of pyridine rings is 1. The number of aromatic carboxylic acids is 1. The summed E-state index contributed by atoms with van der Waals surface area (Å²) >= 11 is 0. The van der Waals surface area contributed by atoms with Gasteiger partial charge in [0, 0.05) is 0 Å². The number of rotatable bonds is 2. The summed E-state index contributed by atoms with van der Waals surface area (Å²) in [5.41, 5.74) is 1.41. The molecule has 76 valence electrons. The van der Waals surface area contributed by atoms with Crippen molar-refractivity contribution < 1.29 is 9.90 Å². The number of carbonyl (C=O) groups is 1. The summed E-state index contributed by atoms with van der Waals surface area (Å²) in [6.07, 6.45) is 2.85. The molecule has 0 aliphatic rings. The maximum absolute atomic E-state index is 10.6. The highest BCUT2D eigenvalue weighted by Gasteiger charge is 2.08. The van der Waals surface area contributed by atoms with Gasteiger partial charge in [-0.25, -0.2) is 9.78 Å². The van der Waals surface area contributed by atoms with Crippen molar-refractivity contribution in [3.05, 3.63) is 29.8 Å². The molecule has 7 heteroatoms. The second-order valence-corrected chi connectivity index (χ2v) is 2.92. The smallest absolute Gasteiger partial charge is 0.354 e. The van der Waals surface area contributed by atoms with Crippen molar-refractivity contribution in [3.8, 4) is 5.69 Å². The van der Waals surface area contributed by atoms with E-state index in [-0.39, 0.29) is 5.69 Å². The monoisotopic (exact) mass is 205 g/mol. The Morgan fingerprint density at radius 3 is 2.87 bits per heavy atom. The summed E-state index contributed by atoms with van der Waals surface area (Å²) in [6.45, 7) is 1.77. The molecule has 0 aliphatic heterocycles. The quantitative estimate of drug-likeness (QED) is 0.745. The van der Waals surface area contributed by atoms with Gasteiger partial charge in [-0.2, -0.15) is 4.68 Å². The van der Waals surface area contributed by atoms with E-state index in [1.807, 2.05) is 0 Å². The van der Waals surface area contributed by atoms with Crippen molar-refractivity contribution >= 4 is 5.97 Å². The van der Waals surface area contributed by atoms with Crippen molar-refractivity contribution in [1.82, 2.24) is 25.2 Å². The van der Waals surface area contributed by atoms with Crippen LogP contribution in [-0.4, -0.2) is 36.3 Å². The third-order valence-electron chi connectivity index (χ3n) is 1.90. The third kappa shape index (κ3) is 1.66. The molecule has 0 fully saturated rings. The molecule has 15 heavy (non-hydrogen) atoms. The summed E-state index contributed by atoms with van der Waals surface area (Å²) in [7, 11) is 0. The van der Waals surface area contributed by atoms with Gasteiger partial charge in [0.1, 0.15) is 12.0 Å². The molecule has 2 rings (SSSR count). The zero-order valence-electron chi connectivity index (χ0n) is 7.82. The SMILES string of the molecule is Cc1cc(C(=O)O)ncc1-n1cnnn1. The number of aryl methyl sites for hydroxylation is 1. The lowest BCUT2D eigenvalue weighted by molar-refractivity contribution is 0.0690. The standard InChI is InChI=1S/C8H7N5O2/c1-5-2-6(8(14)15)9-3-7(5)13-4-10-11-12-13/h2-4H,1H3,(H,14,15). The van der Waals surface area contributed by atoms with Gasteiger partial charge >= 0.3 is 5.97 Å². The van der Waals surface area contributed by atoms with Gasteiger partial charge in [0.05, 0.1) is 11.9 Å². The summed E-state index contributed by atoms with van der Waals surface area (Å²) < 4.78 is 1.42. The number of aromatic nitrogens is 5. The van der Waals surface area contributed by atoms with E-state index in [0.29, 0.717) is 5.69 Å². The molecule has 0 atom stereocenters. The molecule has 1 N–H and O–H groups in total. The van der Waals surface area contributed by atoms with E-state index in [1.165, 1.54) is 23.3 Å². The van der Waals surface area contributed by atoms with Crippen LogP contribution >= 0.6 is 0 Å². The fourth-order valence-electron chi connectivity index (χ4n) is 1.18. The van der Waals surface area contributed by atoms with Crippen LogP contribution in [0.25, 0.3) is 5.69 Å². The molecule has 2 aromatic heterocycles. The number of carboxylic acids is 1. The molecule has 0 aromatic carbocycles. The molecule has 0 saturated heterocycles. The van der Waals surface area contributed by atoms with Crippen LogP contribution in [0.1, 0.15) is 16.1 Å². The molecule has 0 aliphatic carbocycles. The van der Waals surface area contributed by atoms with Crippen LogP contribution in [0.5, 0.6) is 0 Å². The van der Waals surface area contributed by atoms with Crippen LogP contribution in [0.15, 0.2) is 18.6 Å². The minimum absolute atomic E-state index is 0.00400. The number of tetrazole rings is 1. The Labute approximate surface area is 84.4 Å². The Bertz CT molecular complexity index is 494. The van der Waals surface area contributed by atoms with Gasteiger partial charge in [-0.05, 0) is 29.0 Å². The van der Waals surface area contributed by atoms with E-state index in [4.69, 9.17) is 5.11 Å². The molecule has 2 heterocycles. The van der Waals surface area contributed by atoms with E-state index < -0.39 is 5.97 Å². The first-order valence-electron chi connectivity index (χ1n) is 4.12. The van der Waals surface area contributed by atoms with Gasteiger partial charge in [0.2, 0.25) is 0 Å². The number of nitrogens with zero attached hydrogens (tertiary/aromatic N) is 5. The van der Waals surface area contributed by atoms with E-state index in [2.05, 4.69) is 20.5 Å². The predicted molar refractivity (Wildman–Crippen MR) is 48.6 cm³/mol. The number of carboxylic acid groups (broad SMARTS) is 1. The van der Waals surface area contributed by atoms with Gasteiger partial charge in [-0.1, -0.05) is 0 Å². The zero-order chi connectivity index (χ0) is 10.8. The molecular formula is C8H7N5O2. The summed E-state index contributed by atoms with van der Waals surface area (Å²) in [5, 5.41) is 19.4. The molecule has 0 amide bonds. The maximum atomic E-state index is 10.6. The summed E-state index contributed by atoms with van der Waals surface area (Å²) in [6, 6.07) is 1.47. The minimum atomic E-state index is -1.05. The molecule has 0 bridgehead atoms. The van der Waals surface area contributed by atoms with Crippen molar-refractivity contribution in [2.45, 2.75) is 6.92 Å². The third-order valence-corrected chi connectivity index (χ3v) is 1.90. The Morgan fingerprint density at radius 2 is 2.33 bits per heavy atom. The molecule has 0 unspecified atom stereocenters. The van der Waals surface area contributed by atoms with Gasteiger partial charge in [-0.15, -0.1) is 5.10 Å². The first-order chi connectivity index (χ1) is 7.18. The Balaban J connectivity index is 2.48. The van der Waals surface area contributed by atoms with E-state index in [9.17, 15) is 4.79 Å². The lowest BCUT2D eigenvalue weighted by Crippen LogP contribution is -2.05. The molecule has 0 spiro atoms. The molecular weight excluding hydrogens is 198 g/mol. The van der Waals surface area contributed by atoms with Crippen LogP contribution in [0.3, 0.4) is 0 Å². The predicted octanol–water partition coefficient (Wildman–Crippen LogP) is 0.0639. The Kier molecular flexibility index (Phi) is 2.13. The topological polar surface area (TPSA) is 93.8 Å². The van der Waals surface area contributed by atoms with Crippen LogP contribution in [0, 0.1) is 6.92 Å². The Hall–Kier alpha value is -2.31. The second kappa shape index (κ2) is 3.45. The molecule has 0 saturated carbocycles. The highest BCUT2D eigenvalue weighted by atomic mass is 16.4. The summed E-state index contributed by atoms with van der Waals surface area (Å²) in [4.78, 5) is 14.4.